The van der Waals surface area contributed by atoms with Crippen molar-refractivity contribution in [1.82, 2.24) is 5.32 Å². The molecule has 1 aromatic rings. The summed E-state index contributed by atoms with van der Waals surface area (Å²) in [5.74, 6) is 0.185. The summed E-state index contributed by atoms with van der Waals surface area (Å²) in [5, 5.41) is 3.58. The molecule has 1 aromatic carbocycles. The van der Waals surface area contributed by atoms with Gasteiger partial charge in [-0.3, -0.25) is 0 Å². The van der Waals surface area contributed by atoms with Crippen molar-refractivity contribution in [3.05, 3.63) is 29.8 Å². The van der Waals surface area contributed by atoms with Crippen molar-refractivity contribution in [3.63, 3.8) is 0 Å². The van der Waals surface area contributed by atoms with E-state index in [-0.39, 0.29) is 23.3 Å². The molecule has 1 N–H and O–H groups in total. The van der Waals surface area contributed by atoms with Crippen LogP contribution in [0.2, 0.25) is 0 Å². The minimum Gasteiger partial charge on any atom is -0.435 e. The lowest BCUT2D eigenvalue weighted by Crippen LogP contribution is -2.60. The summed E-state index contributed by atoms with van der Waals surface area (Å²) in [7, 11) is 1.74. The largest absolute Gasteiger partial charge is 0.435 e. The Kier molecular flexibility index (Phi) is 4.84. The highest BCUT2D eigenvalue weighted by atomic mass is 19.3. The van der Waals surface area contributed by atoms with Crippen LogP contribution in [0, 0.1) is 5.41 Å². The summed E-state index contributed by atoms with van der Waals surface area (Å²) in [6.07, 6.45) is 1.27. The Bertz CT molecular complexity index is 462. The molecule has 1 aliphatic carbocycles. The van der Waals surface area contributed by atoms with Gasteiger partial charge in [-0.2, -0.15) is 8.78 Å². The summed E-state index contributed by atoms with van der Waals surface area (Å²) < 4.78 is 34.0. The average Bonchev–Trinajstić information content (AvgIpc) is 2.42. The fourth-order valence-electron chi connectivity index (χ4n) is 2.90. The Balaban J connectivity index is 1.93. The van der Waals surface area contributed by atoms with Crippen LogP contribution in [0.3, 0.4) is 0 Å². The normalized spacial score (nSPS) is 25.5. The third kappa shape index (κ3) is 3.52. The molecule has 0 bridgehead atoms. The first-order valence-electron chi connectivity index (χ1n) is 7.18. The molecule has 2 rings (SSSR count). The van der Waals surface area contributed by atoms with Gasteiger partial charge in [0, 0.05) is 24.6 Å². The SMILES string of the molecule is COC1CC(NC(C)c2ccc(OC(F)F)cc2)C1(C)C. The predicted octanol–water partition coefficient (Wildman–Crippen LogP) is 3.75. The van der Waals surface area contributed by atoms with Crippen molar-refractivity contribution in [2.75, 3.05) is 7.11 Å². The van der Waals surface area contributed by atoms with E-state index in [0.29, 0.717) is 6.04 Å². The second kappa shape index (κ2) is 6.28. The zero-order valence-corrected chi connectivity index (χ0v) is 12.9. The summed E-state index contributed by atoms with van der Waals surface area (Å²) in [6, 6.07) is 7.30. The zero-order valence-electron chi connectivity index (χ0n) is 12.9. The lowest BCUT2D eigenvalue weighted by atomic mass is 9.64. The smallest absolute Gasteiger partial charge is 0.387 e. The fourth-order valence-corrected chi connectivity index (χ4v) is 2.90. The maximum Gasteiger partial charge on any atom is 0.387 e. The van der Waals surface area contributed by atoms with E-state index >= 15 is 0 Å². The number of hydrogen-bond donors (Lipinski definition) is 1. The van der Waals surface area contributed by atoms with Crippen LogP contribution in [0.15, 0.2) is 24.3 Å². The number of halogens is 2. The predicted molar refractivity (Wildman–Crippen MR) is 77.6 cm³/mol. The average molecular weight is 299 g/mol. The number of nitrogens with one attached hydrogen (secondary N) is 1. The molecule has 21 heavy (non-hydrogen) atoms. The van der Waals surface area contributed by atoms with Crippen LogP contribution in [-0.4, -0.2) is 25.9 Å². The molecule has 1 fully saturated rings. The van der Waals surface area contributed by atoms with Gasteiger partial charge in [0.05, 0.1) is 6.10 Å². The highest BCUT2D eigenvalue weighted by Gasteiger charge is 2.48. The van der Waals surface area contributed by atoms with Gasteiger partial charge in [0.15, 0.2) is 0 Å². The molecule has 1 aliphatic rings. The van der Waals surface area contributed by atoms with Crippen molar-refractivity contribution < 1.29 is 18.3 Å². The summed E-state index contributed by atoms with van der Waals surface area (Å²) in [4.78, 5) is 0. The first kappa shape index (κ1) is 16.2. The number of alkyl halides is 2. The molecule has 0 radical (unpaired) electrons. The second-order valence-electron chi connectivity index (χ2n) is 6.17. The first-order valence-corrected chi connectivity index (χ1v) is 7.18. The van der Waals surface area contributed by atoms with Crippen LogP contribution in [0.5, 0.6) is 5.75 Å². The van der Waals surface area contributed by atoms with Gasteiger partial charge in [-0.25, -0.2) is 0 Å². The van der Waals surface area contributed by atoms with Gasteiger partial charge in [-0.15, -0.1) is 0 Å². The third-order valence-corrected chi connectivity index (χ3v) is 4.52. The Labute approximate surface area is 124 Å². The molecule has 0 heterocycles. The third-order valence-electron chi connectivity index (χ3n) is 4.52. The molecule has 0 aromatic heterocycles. The molecule has 0 spiro atoms. The molecule has 5 heteroatoms. The van der Waals surface area contributed by atoms with Gasteiger partial charge in [0.1, 0.15) is 5.75 Å². The van der Waals surface area contributed by atoms with E-state index in [9.17, 15) is 8.78 Å². The molecule has 3 atom stereocenters. The van der Waals surface area contributed by atoms with Gasteiger partial charge >= 0.3 is 6.61 Å². The summed E-state index contributed by atoms with van der Waals surface area (Å²) >= 11 is 0. The molecule has 0 saturated heterocycles. The number of ether oxygens (including phenoxy) is 2. The van der Waals surface area contributed by atoms with E-state index in [4.69, 9.17) is 4.74 Å². The standard InChI is InChI=1S/C16H23F2NO2/c1-10(19-13-9-14(20-4)16(13,2)3)11-5-7-12(8-6-11)21-15(17)18/h5-8,10,13-15,19H,9H2,1-4H3. The summed E-state index contributed by atoms with van der Waals surface area (Å²) in [6.45, 7) is 3.66. The maximum absolute atomic E-state index is 12.1. The van der Waals surface area contributed by atoms with Crippen LogP contribution in [0.25, 0.3) is 0 Å². The van der Waals surface area contributed by atoms with Crippen molar-refractivity contribution in [3.8, 4) is 5.75 Å². The fraction of sp³-hybridized carbons (Fsp3) is 0.625. The monoisotopic (exact) mass is 299 g/mol. The van der Waals surface area contributed by atoms with Crippen LogP contribution in [0.4, 0.5) is 8.78 Å². The topological polar surface area (TPSA) is 30.5 Å². The van der Waals surface area contributed by atoms with E-state index in [1.165, 1.54) is 0 Å². The number of methoxy groups -OCH3 is 1. The Morgan fingerprint density at radius 2 is 1.86 bits per heavy atom. The van der Waals surface area contributed by atoms with Gasteiger partial charge in [0.2, 0.25) is 0 Å². The minimum atomic E-state index is -2.78. The Hall–Kier alpha value is -1.20. The minimum absolute atomic E-state index is 0.0989. The van der Waals surface area contributed by atoms with E-state index in [1.807, 2.05) is 12.1 Å². The molecule has 0 aliphatic heterocycles. The highest BCUT2D eigenvalue weighted by Crippen LogP contribution is 2.43. The number of benzene rings is 1. The van der Waals surface area contributed by atoms with Crippen LogP contribution in [-0.2, 0) is 4.74 Å². The van der Waals surface area contributed by atoms with E-state index < -0.39 is 6.61 Å². The molecule has 118 valence electrons. The second-order valence-corrected chi connectivity index (χ2v) is 6.17. The molecule has 0 amide bonds. The van der Waals surface area contributed by atoms with E-state index in [2.05, 4.69) is 30.8 Å². The van der Waals surface area contributed by atoms with Crippen molar-refractivity contribution >= 4 is 0 Å². The molecule has 1 saturated carbocycles. The van der Waals surface area contributed by atoms with E-state index in [1.54, 1.807) is 19.2 Å². The molecule has 3 unspecified atom stereocenters. The highest BCUT2D eigenvalue weighted by molar-refractivity contribution is 5.29. The quantitative estimate of drug-likeness (QED) is 0.867. The number of rotatable bonds is 6. The summed E-state index contributed by atoms with van der Waals surface area (Å²) in [5.41, 5.74) is 1.15. The Morgan fingerprint density at radius 1 is 1.24 bits per heavy atom. The molecular weight excluding hydrogens is 276 g/mol. The van der Waals surface area contributed by atoms with Crippen molar-refractivity contribution in [2.45, 2.75) is 52.0 Å². The molecule has 3 nitrogen and oxygen atoms in total. The lowest BCUT2D eigenvalue weighted by Gasteiger charge is -2.52. The van der Waals surface area contributed by atoms with Gasteiger partial charge < -0.3 is 14.8 Å². The van der Waals surface area contributed by atoms with Gasteiger partial charge in [-0.1, -0.05) is 26.0 Å². The zero-order chi connectivity index (χ0) is 15.6. The van der Waals surface area contributed by atoms with E-state index in [0.717, 1.165) is 12.0 Å². The van der Waals surface area contributed by atoms with Crippen LogP contribution < -0.4 is 10.1 Å². The molecular formula is C16H23F2NO2. The van der Waals surface area contributed by atoms with Gasteiger partial charge in [-0.05, 0) is 31.0 Å². The van der Waals surface area contributed by atoms with Crippen molar-refractivity contribution in [2.24, 2.45) is 5.41 Å². The maximum atomic E-state index is 12.1. The van der Waals surface area contributed by atoms with Crippen LogP contribution in [0.1, 0.15) is 38.8 Å². The first-order chi connectivity index (χ1) is 9.84. The van der Waals surface area contributed by atoms with Gasteiger partial charge in [0.25, 0.3) is 0 Å². The Morgan fingerprint density at radius 3 is 2.33 bits per heavy atom. The van der Waals surface area contributed by atoms with Crippen molar-refractivity contribution in [1.29, 1.82) is 0 Å². The van der Waals surface area contributed by atoms with Crippen LogP contribution >= 0.6 is 0 Å². The number of hydrogen-bond acceptors (Lipinski definition) is 3. The lowest BCUT2D eigenvalue weighted by molar-refractivity contribution is -0.0999.